The summed E-state index contributed by atoms with van der Waals surface area (Å²) in [6.45, 7) is 0. The maximum Gasteiger partial charge on any atom is 0.208 e. The lowest BCUT2D eigenvalue weighted by Gasteiger charge is -2.10. The molecule has 0 fully saturated rings. The van der Waals surface area contributed by atoms with E-state index >= 15 is 0 Å². The van der Waals surface area contributed by atoms with Gasteiger partial charge < -0.3 is 15.6 Å². The first kappa shape index (κ1) is 11.5. The van der Waals surface area contributed by atoms with Crippen LogP contribution in [-0.2, 0) is 0 Å². The Morgan fingerprint density at radius 1 is 1.53 bits per heavy atom. The number of methoxy groups -OCH3 is 1. The van der Waals surface area contributed by atoms with Crippen LogP contribution in [0.2, 0.25) is 5.02 Å². The highest BCUT2D eigenvalue weighted by Crippen LogP contribution is 2.40. The highest BCUT2D eigenvalue weighted by atomic mass is 35.5. The number of aromatic nitrogens is 2. The van der Waals surface area contributed by atoms with E-state index < -0.39 is 11.6 Å². The number of phenols is 1. The predicted molar refractivity (Wildman–Crippen MR) is 61.6 cm³/mol. The molecule has 0 aliphatic rings. The van der Waals surface area contributed by atoms with Gasteiger partial charge in [-0.2, -0.15) is 9.49 Å². The standard InChI is InChI=1S/C10H9ClFN3O2/c1-17-10-4(6-3-7(13)15-14-6)2-5(11)9(16)8(10)12/h2-3,16H,1H3,(H3,13,14,15). The number of H-pyrrole nitrogens is 1. The normalized spacial score (nSPS) is 10.5. The van der Waals surface area contributed by atoms with Crippen molar-refractivity contribution in [3.63, 3.8) is 0 Å². The fraction of sp³-hybridized carbons (Fsp3) is 0.100. The fourth-order valence-electron chi connectivity index (χ4n) is 1.47. The summed E-state index contributed by atoms with van der Waals surface area (Å²) < 4.78 is 18.6. The van der Waals surface area contributed by atoms with E-state index in [0.717, 1.165) is 0 Å². The summed E-state index contributed by atoms with van der Waals surface area (Å²) in [6, 6.07) is 2.87. The van der Waals surface area contributed by atoms with E-state index in [4.69, 9.17) is 22.1 Å². The van der Waals surface area contributed by atoms with Crippen molar-refractivity contribution in [2.45, 2.75) is 0 Å². The van der Waals surface area contributed by atoms with Crippen LogP contribution in [0.1, 0.15) is 0 Å². The highest BCUT2D eigenvalue weighted by molar-refractivity contribution is 6.32. The Balaban J connectivity index is 2.69. The molecule has 2 rings (SSSR count). The molecule has 5 nitrogen and oxygen atoms in total. The molecule has 0 amide bonds. The van der Waals surface area contributed by atoms with E-state index in [-0.39, 0.29) is 16.6 Å². The first-order chi connectivity index (χ1) is 8.04. The molecule has 1 aromatic heterocycles. The Morgan fingerprint density at radius 3 is 2.76 bits per heavy atom. The van der Waals surface area contributed by atoms with Crippen molar-refractivity contribution in [1.29, 1.82) is 0 Å². The molecule has 90 valence electrons. The highest BCUT2D eigenvalue weighted by Gasteiger charge is 2.19. The van der Waals surface area contributed by atoms with Crippen molar-refractivity contribution in [1.82, 2.24) is 10.2 Å². The predicted octanol–water partition coefficient (Wildman–Crippen LogP) is 2.17. The minimum atomic E-state index is -0.928. The zero-order chi connectivity index (χ0) is 12.6. The number of halogens is 2. The average Bonchev–Trinajstić information content (AvgIpc) is 2.72. The molecule has 0 unspecified atom stereocenters. The number of hydrogen-bond donors (Lipinski definition) is 3. The summed E-state index contributed by atoms with van der Waals surface area (Å²) >= 11 is 5.69. The van der Waals surface area contributed by atoms with E-state index in [0.29, 0.717) is 11.3 Å². The number of aromatic amines is 1. The van der Waals surface area contributed by atoms with Crippen LogP contribution in [0.3, 0.4) is 0 Å². The molecule has 0 saturated heterocycles. The number of ether oxygens (including phenoxy) is 1. The topological polar surface area (TPSA) is 84.2 Å². The molecule has 17 heavy (non-hydrogen) atoms. The average molecular weight is 258 g/mol. The molecule has 0 aliphatic carbocycles. The molecule has 0 aliphatic heterocycles. The van der Waals surface area contributed by atoms with Gasteiger partial charge in [0.15, 0.2) is 11.5 Å². The SMILES string of the molecule is COc1c(-c2cc(N)n[nH]2)cc(Cl)c(O)c1F. The van der Waals surface area contributed by atoms with Gasteiger partial charge in [0, 0.05) is 11.6 Å². The summed E-state index contributed by atoms with van der Waals surface area (Å²) in [6.07, 6.45) is 0. The lowest BCUT2D eigenvalue weighted by molar-refractivity contribution is 0.366. The van der Waals surface area contributed by atoms with E-state index in [2.05, 4.69) is 10.2 Å². The Hall–Kier alpha value is -1.95. The third kappa shape index (κ3) is 1.87. The summed E-state index contributed by atoms with van der Waals surface area (Å²) in [5, 5.41) is 15.6. The number of phenolic OH excluding ortho intramolecular Hbond substituents is 1. The minimum absolute atomic E-state index is 0.119. The Morgan fingerprint density at radius 2 is 2.24 bits per heavy atom. The van der Waals surface area contributed by atoms with Gasteiger partial charge in [0.25, 0.3) is 0 Å². The van der Waals surface area contributed by atoms with Gasteiger partial charge in [-0.25, -0.2) is 0 Å². The van der Waals surface area contributed by atoms with Crippen molar-refractivity contribution in [3.05, 3.63) is 23.0 Å². The van der Waals surface area contributed by atoms with E-state index in [1.165, 1.54) is 19.2 Å². The van der Waals surface area contributed by atoms with Crippen LogP contribution in [0.5, 0.6) is 11.5 Å². The van der Waals surface area contributed by atoms with Gasteiger partial charge in [0.1, 0.15) is 5.82 Å². The Labute approximate surface area is 101 Å². The Bertz CT molecular complexity index is 571. The first-order valence-electron chi connectivity index (χ1n) is 4.60. The summed E-state index contributed by atoms with van der Waals surface area (Å²) in [5.74, 6) is -1.45. The number of anilines is 1. The van der Waals surface area contributed by atoms with Crippen LogP contribution in [-0.4, -0.2) is 22.4 Å². The van der Waals surface area contributed by atoms with Crippen molar-refractivity contribution in [2.24, 2.45) is 0 Å². The number of nitrogen functional groups attached to an aromatic ring is 1. The maximum atomic E-state index is 13.7. The quantitative estimate of drug-likeness (QED) is 0.770. The maximum absolute atomic E-state index is 13.7. The van der Waals surface area contributed by atoms with Crippen molar-refractivity contribution >= 4 is 17.4 Å². The number of nitrogens with two attached hydrogens (primary N) is 1. The van der Waals surface area contributed by atoms with Gasteiger partial charge in [0.05, 0.1) is 17.8 Å². The summed E-state index contributed by atoms with van der Waals surface area (Å²) in [5.41, 5.74) is 6.23. The number of rotatable bonds is 2. The second-order valence-electron chi connectivity index (χ2n) is 3.31. The fourth-order valence-corrected chi connectivity index (χ4v) is 1.66. The number of hydrogen-bond acceptors (Lipinski definition) is 4. The zero-order valence-corrected chi connectivity index (χ0v) is 9.55. The molecule has 2 aromatic rings. The lowest BCUT2D eigenvalue weighted by atomic mass is 10.1. The molecule has 0 saturated carbocycles. The van der Waals surface area contributed by atoms with Crippen molar-refractivity contribution in [3.8, 4) is 22.8 Å². The summed E-state index contributed by atoms with van der Waals surface area (Å²) in [7, 11) is 1.29. The van der Waals surface area contributed by atoms with E-state index in [1.807, 2.05) is 0 Å². The second-order valence-corrected chi connectivity index (χ2v) is 3.72. The number of aromatic hydroxyl groups is 1. The van der Waals surface area contributed by atoms with Gasteiger partial charge >= 0.3 is 0 Å². The number of nitrogens with zero attached hydrogens (tertiary/aromatic N) is 1. The molecule has 0 atom stereocenters. The first-order valence-corrected chi connectivity index (χ1v) is 4.98. The molecule has 4 N–H and O–H groups in total. The van der Waals surface area contributed by atoms with Crippen LogP contribution in [0.15, 0.2) is 12.1 Å². The largest absolute Gasteiger partial charge is 0.504 e. The number of nitrogens with one attached hydrogen (secondary N) is 1. The van der Waals surface area contributed by atoms with Crippen LogP contribution in [0.25, 0.3) is 11.3 Å². The molecule has 0 radical (unpaired) electrons. The summed E-state index contributed by atoms with van der Waals surface area (Å²) in [4.78, 5) is 0. The third-order valence-corrected chi connectivity index (χ3v) is 2.53. The van der Waals surface area contributed by atoms with Crippen molar-refractivity contribution in [2.75, 3.05) is 12.8 Å². The van der Waals surface area contributed by atoms with Crippen LogP contribution < -0.4 is 10.5 Å². The van der Waals surface area contributed by atoms with Gasteiger partial charge in [-0.15, -0.1) is 0 Å². The third-order valence-electron chi connectivity index (χ3n) is 2.24. The van der Waals surface area contributed by atoms with Gasteiger partial charge in [-0.05, 0) is 6.07 Å². The van der Waals surface area contributed by atoms with Crippen molar-refractivity contribution < 1.29 is 14.2 Å². The Kier molecular flexibility index (Phi) is 2.81. The monoisotopic (exact) mass is 257 g/mol. The van der Waals surface area contributed by atoms with Gasteiger partial charge in [0.2, 0.25) is 5.82 Å². The molecule has 1 aromatic carbocycles. The smallest absolute Gasteiger partial charge is 0.208 e. The van der Waals surface area contributed by atoms with Crippen LogP contribution >= 0.6 is 11.6 Å². The molecule has 1 heterocycles. The molecule has 0 spiro atoms. The van der Waals surface area contributed by atoms with Gasteiger partial charge in [-0.3, -0.25) is 5.10 Å². The lowest BCUT2D eigenvalue weighted by Crippen LogP contribution is -1.93. The van der Waals surface area contributed by atoms with Crippen LogP contribution in [0, 0.1) is 5.82 Å². The van der Waals surface area contributed by atoms with Crippen LogP contribution in [0.4, 0.5) is 10.2 Å². The van der Waals surface area contributed by atoms with E-state index in [1.54, 1.807) is 0 Å². The van der Waals surface area contributed by atoms with Gasteiger partial charge in [-0.1, -0.05) is 11.6 Å². The zero-order valence-electron chi connectivity index (χ0n) is 8.79. The number of benzene rings is 1. The van der Waals surface area contributed by atoms with E-state index in [9.17, 15) is 9.50 Å². The molecule has 7 heteroatoms. The molecular weight excluding hydrogens is 249 g/mol. The minimum Gasteiger partial charge on any atom is -0.504 e. The second kappa shape index (κ2) is 4.14. The molecule has 0 bridgehead atoms. The molecular formula is C10H9ClFN3O2.